The number of ether oxygens (including phenoxy) is 3. The fraction of sp³-hybridized carbons (Fsp3) is 0.312. The molecule has 0 spiro atoms. The van der Waals surface area contributed by atoms with E-state index in [0.29, 0.717) is 17.3 Å². The van der Waals surface area contributed by atoms with Gasteiger partial charge in [-0.1, -0.05) is 24.3 Å². The first-order valence-electron chi connectivity index (χ1n) is 14.6. The molecule has 2 heterocycles. The van der Waals surface area contributed by atoms with Crippen molar-refractivity contribution in [2.75, 3.05) is 26.4 Å². The Morgan fingerprint density at radius 3 is 2.46 bits per heavy atom. The van der Waals surface area contributed by atoms with Crippen LogP contribution in [-0.2, 0) is 40.4 Å². The number of fused-ring (bicyclic) bond motifs is 1. The molecule has 0 aliphatic carbocycles. The first-order chi connectivity index (χ1) is 22.1. The van der Waals surface area contributed by atoms with Crippen molar-refractivity contribution >= 4 is 50.1 Å². The SMILES string of the molecule is CCOC(=O)CCCOc1ccccc1[C@H](NS(=O)(=O)c1ccc2[nH]c(=O)ccc2c1)C(=O)N(CC(=O)OCC)Cc1cccs1. The molecule has 0 fully saturated rings. The van der Waals surface area contributed by atoms with Crippen LogP contribution >= 0.6 is 11.3 Å². The molecule has 244 valence electrons. The molecule has 12 nitrogen and oxygen atoms in total. The van der Waals surface area contributed by atoms with Gasteiger partial charge in [0.2, 0.25) is 21.5 Å². The Hall–Kier alpha value is -4.53. The van der Waals surface area contributed by atoms with Crippen molar-refractivity contribution < 1.29 is 37.0 Å². The normalized spacial score (nSPS) is 12.0. The third-order valence-corrected chi connectivity index (χ3v) is 8.99. The second-order valence-electron chi connectivity index (χ2n) is 10.00. The smallest absolute Gasteiger partial charge is 0.325 e. The van der Waals surface area contributed by atoms with Gasteiger partial charge in [0.25, 0.3) is 0 Å². The highest BCUT2D eigenvalue weighted by molar-refractivity contribution is 7.89. The third kappa shape index (κ3) is 9.25. The van der Waals surface area contributed by atoms with Crippen molar-refractivity contribution in [3.05, 3.63) is 92.9 Å². The molecule has 0 radical (unpaired) electrons. The zero-order chi connectivity index (χ0) is 33.1. The van der Waals surface area contributed by atoms with E-state index in [4.69, 9.17) is 14.2 Å². The highest BCUT2D eigenvalue weighted by atomic mass is 32.2. The molecule has 0 saturated carbocycles. The standard InChI is InChI=1S/C32H35N3O9S2/c1-3-42-29(37)12-7-17-44-27-11-6-5-10-25(27)31(32(39)35(21-30(38)43-4-2)20-23-9-8-18-45-23)34-46(40,41)24-14-15-26-22(19-24)13-16-28(36)33-26/h5-6,8-11,13-16,18-19,31,34H,3-4,7,12,17,20-21H2,1-2H3,(H,33,36)/t31-/m0/s1. The summed E-state index contributed by atoms with van der Waals surface area (Å²) in [5.41, 5.74) is 0.313. The molecule has 0 aliphatic heterocycles. The number of hydrogen-bond donors (Lipinski definition) is 2. The van der Waals surface area contributed by atoms with Crippen molar-refractivity contribution in [3.63, 3.8) is 0 Å². The lowest BCUT2D eigenvalue weighted by atomic mass is 10.0. The van der Waals surface area contributed by atoms with Gasteiger partial charge >= 0.3 is 11.9 Å². The van der Waals surface area contributed by atoms with Crippen molar-refractivity contribution in [1.82, 2.24) is 14.6 Å². The maximum absolute atomic E-state index is 14.4. The van der Waals surface area contributed by atoms with E-state index in [0.717, 1.165) is 4.88 Å². The van der Waals surface area contributed by atoms with Gasteiger partial charge in [-0.25, -0.2) is 8.42 Å². The summed E-state index contributed by atoms with van der Waals surface area (Å²) in [5, 5.41) is 2.30. The monoisotopic (exact) mass is 669 g/mol. The fourth-order valence-electron chi connectivity index (χ4n) is 4.60. The van der Waals surface area contributed by atoms with Crippen LogP contribution in [-0.4, -0.2) is 62.5 Å². The Morgan fingerprint density at radius 2 is 1.72 bits per heavy atom. The summed E-state index contributed by atoms with van der Waals surface area (Å²) in [6.07, 6.45) is 0.441. The van der Waals surface area contributed by atoms with Crippen molar-refractivity contribution in [1.29, 1.82) is 0 Å². The Labute approximate surface area is 270 Å². The molecule has 2 N–H and O–H groups in total. The lowest BCUT2D eigenvalue weighted by Crippen LogP contribution is -2.44. The molecule has 0 aliphatic rings. The number of aromatic amines is 1. The first kappa shape index (κ1) is 34.3. The molecular weight excluding hydrogens is 634 g/mol. The Bertz CT molecular complexity index is 1820. The van der Waals surface area contributed by atoms with E-state index in [-0.39, 0.29) is 60.5 Å². The third-order valence-electron chi connectivity index (χ3n) is 6.71. The second-order valence-corrected chi connectivity index (χ2v) is 12.7. The summed E-state index contributed by atoms with van der Waals surface area (Å²) in [7, 11) is -4.37. The number of H-pyrrole nitrogens is 1. The van der Waals surface area contributed by atoms with Crippen LogP contribution < -0.4 is 15.0 Å². The summed E-state index contributed by atoms with van der Waals surface area (Å²) in [6, 6.07) is 15.5. The number of esters is 2. The molecule has 2 aromatic carbocycles. The maximum atomic E-state index is 14.4. The van der Waals surface area contributed by atoms with Gasteiger partial charge < -0.3 is 24.1 Å². The number of para-hydroxylation sites is 1. The molecule has 4 rings (SSSR count). The lowest BCUT2D eigenvalue weighted by molar-refractivity contribution is -0.149. The quantitative estimate of drug-likeness (QED) is 0.133. The number of amides is 1. The minimum absolute atomic E-state index is 0.0272. The number of nitrogens with one attached hydrogen (secondary N) is 2. The van der Waals surface area contributed by atoms with E-state index in [1.165, 1.54) is 46.6 Å². The molecule has 4 aromatic rings. The van der Waals surface area contributed by atoms with E-state index in [1.807, 2.05) is 5.38 Å². The molecule has 0 bridgehead atoms. The van der Waals surface area contributed by atoms with Gasteiger partial charge in [0.1, 0.15) is 18.3 Å². The van der Waals surface area contributed by atoms with Gasteiger partial charge in [-0.2, -0.15) is 4.72 Å². The number of carbonyl (C=O) groups excluding carboxylic acids is 3. The van der Waals surface area contributed by atoms with E-state index in [9.17, 15) is 27.6 Å². The molecule has 46 heavy (non-hydrogen) atoms. The zero-order valence-electron chi connectivity index (χ0n) is 25.4. The average molecular weight is 670 g/mol. The van der Waals surface area contributed by atoms with Crippen LogP contribution in [0.1, 0.15) is 43.2 Å². The molecule has 14 heteroatoms. The highest BCUT2D eigenvalue weighted by Gasteiger charge is 2.34. The van der Waals surface area contributed by atoms with Gasteiger partial charge in [0.15, 0.2) is 0 Å². The highest BCUT2D eigenvalue weighted by Crippen LogP contribution is 2.30. The van der Waals surface area contributed by atoms with Gasteiger partial charge in [0, 0.05) is 28.4 Å². The maximum Gasteiger partial charge on any atom is 0.325 e. The molecule has 0 unspecified atom stereocenters. The summed E-state index contributed by atoms with van der Waals surface area (Å²) in [5.74, 6) is -1.52. The number of benzene rings is 2. The second kappa shape index (κ2) is 16.2. The molecule has 2 aromatic heterocycles. The van der Waals surface area contributed by atoms with Crippen LogP contribution in [0.5, 0.6) is 5.75 Å². The molecule has 1 atom stereocenters. The van der Waals surface area contributed by atoms with Crippen molar-refractivity contribution in [2.24, 2.45) is 0 Å². The summed E-state index contributed by atoms with van der Waals surface area (Å²) in [6.45, 7) is 3.42. The number of nitrogens with zero attached hydrogens (tertiary/aromatic N) is 1. The predicted octanol–water partition coefficient (Wildman–Crippen LogP) is 3.92. The first-order valence-corrected chi connectivity index (χ1v) is 17.0. The minimum Gasteiger partial charge on any atom is -0.493 e. The van der Waals surface area contributed by atoms with Crippen LogP contribution in [0.15, 0.2) is 81.8 Å². The largest absolute Gasteiger partial charge is 0.493 e. The number of rotatable bonds is 16. The predicted molar refractivity (Wildman–Crippen MR) is 172 cm³/mol. The number of aromatic nitrogens is 1. The zero-order valence-corrected chi connectivity index (χ0v) is 27.0. The van der Waals surface area contributed by atoms with Gasteiger partial charge in [-0.05, 0) is 67.4 Å². The van der Waals surface area contributed by atoms with E-state index in [2.05, 4.69) is 9.71 Å². The fourth-order valence-corrected chi connectivity index (χ4v) is 6.52. The Morgan fingerprint density at radius 1 is 0.957 bits per heavy atom. The summed E-state index contributed by atoms with van der Waals surface area (Å²) >= 11 is 1.38. The van der Waals surface area contributed by atoms with Crippen LogP contribution in [0.2, 0.25) is 0 Å². The minimum atomic E-state index is -4.37. The van der Waals surface area contributed by atoms with E-state index in [1.54, 1.807) is 50.2 Å². The van der Waals surface area contributed by atoms with Crippen molar-refractivity contribution in [3.8, 4) is 5.75 Å². The number of hydrogen-bond acceptors (Lipinski definition) is 10. The molecular formula is C32H35N3O9S2. The summed E-state index contributed by atoms with van der Waals surface area (Å²) < 4.78 is 46.3. The van der Waals surface area contributed by atoms with E-state index < -0.39 is 34.5 Å². The van der Waals surface area contributed by atoms with Gasteiger partial charge in [0.05, 0.1) is 31.3 Å². The number of pyridine rings is 1. The Balaban J connectivity index is 1.71. The Kier molecular flexibility index (Phi) is 12.1. The average Bonchev–Trinajstić information content (AvgIpc) is 3.55. The molecule has 1 amide bonds. The van der Waals surface area contributed by atoms with Crippen LogP contribution in [0.3, 0.4) is 0 Å². The van der Waals surface area contributed by atoms with Crippen molar-refractivity contribution in [2.45, 2.75) is 44.2 Å². The molecule has 0 saturated heterocycles. The number of thiophene rings is 1. The van der Waals surface area contributed by atoms with Gasteiger partial charge in [-0.3, -0.25) is 19.2 Å². The van der Waals surface area contributed by atoms with Crippen LogP contribution in [0, 0.1) is 0 Å². The number of sulfonamides is 1. The van der Waals surface area contributed by atoms with Gasteiger partial charge in [-0.15, -0.1) is 11.3 Å². The lowest BCUT2D eigenvalue weighted by Gasteiger charge is -2.28. The topological polar surface area (TPSA) is 161 Å². The summed E-state index contributed by atoms with van der Waals surface area (Å²) in [4.78, 5) is 55.0. The van der Waals surface area contributed by atoms with Crippen LogP contribution in [0.25, 0.3) is 10.9 Å². The van der Waals surface area contributed by atoms with Crippen LogP contribution in [0.4, 0.5) is 0 Å². The van der Waals surface area contributed by atoms with E-state index >= 15 is 0 Å². The number of carbonyl (C=O) groups is 3.